The fourth-order valence-corrected chi connectivity index (χ4v) is 2.46. The van der Waals surface area contributed by atoms with Crippen LogP contribution >= 0.6 is 0 Å². The summed E-state index contributed by atoms with van der Waals surface area (Å²) in [6.07, 6.45) is -7.17. The lowest BCUT2D eigenvalue weighted by molar-refractivity contribution is -0.145. The first kappa shape index (κ1) is 8.69. The molecule has 104 valence electrons. The Morgan fingerprint density at radius 1 is 1.68 bits per heavy atom. The van der Waals surface area contributed by atoms with Crippen LogP contribution in [0.25, 0.3) is 0 Å². The molecule has 0 aliphatic heterocycles. The minimum atomic E-state index is -3.13. The van der Waals surface area contributed by atoms with E-state index < -0.39 is 48.4 Å². The van der Waals surface area contributed by atoms with Gasteiger partial charge in [0.15, 0.2) is 0 Å². The van der Waals surface area contributed by atoms with E-state index in [4.69, 9.17) is 12.0 Å². The van der Waals surface area contributed by atoms with Gasteiger partial charge >= 0.3 is 5.97 Å². The van der Waals surface area contributed by atoms with Crippen LogP contribution in [0.5, 0.6) is 0 Å². The van der Waals surface area contributed by atoms with Crippen molar-refractivity contribution in [2.45, 2.75) is 44.5 Å². The molecule has 1 aliphatic carbocycles. The van der Waals surface area contributed by atoms with E-state index in [-0.39, 0.29) is 11.1 Å². The van der Waals surface area contributed by atoms with E-state index in [0.29, 0.717) is 0 Å². The quantitative estimate of drug-likeness (QED) is 0.888. The molecule has 0 fully saturated rings. The number of fused-ring (bicyclic) bond motifs is 1. The van der Waals surface area contributed by atoms with Crippen LogP contribution in [0, 0.1) is 11.7 Å². The van der Waals surface area contributed by atoms with Gasteiger partial charge in [-0.1, -0.05) is 19.9 Å². The zero-order valence-electron chi connectivity index (χ0n) is 15.7. The maximum Gasteiger partial charge on any atom is 0.306 e. The second-order valence-corrected chi connectivity index (χ2v) is 4.94. The fourth-order valence-electron chi connectivity index (χ4n) is 2.46. The number of carboxylic acids is 1. The van der Waals surface area contributed by atoms with Crippen LogP contribution in [0.15, 0.2) is 18.2 Å². The highest BCUT2D eigenvalue weighted by Crippen LogP contribution is 2.45. The van der Waals surface area contributed by atoms with Crippen LogP contribution in [0.3, 0.4) is 0 Å². The van der Waals surface area contributed by atoms with Gasteiger partial charge in [-0.15, -0.1) is 0 Å². The molecule has 0 bridgehead atoms. The number of rotatable bonds is 3. The highest BCUT2D eigenvalue weighted by Gasteiger charge is 2.44. The highest BCUT2D eigenvalue weighted by atomic mass is 19.1. The first-order valence-electron chi connectivity index (χ1n) is 8.48. The van der Waals surface area contributed by atoms with Gasteiger partial charge in [0.25, 0.3) is 0 Å². The van der Waals surface area contributed by atoms with Gasteiger partial charge in [0.1, 0.15) is 5.82 Å². The summed E-state index contributed by atoms with van der Waals surface area (Å²) in [5, 5.41) is 20.2. The molecule has 1 aromatic carbocycles. The molecule has 0 unspecified atom stereocenters. The van der Waals surface area contributed by atoms with Crippen molar-refractivity contribution in [3.05, 3.63) is 35.1 Å². The Balaban J connectivity index is 2.96. The van der Waals surface area contributed by atoms with E-state index in [1.54, 1.807) is 0 Å². The van der Waals surface area contributed by atoms with E-state index >= 15 is 0 Å². The van der Waals surface area contributed by atoms with Crippen molar-refractivity contribution in [2.24, 2.45) is 5.92 Å². The van der Waals surface area contributed by atoms with Gasteiger partial charge in [-0.2, -0.15) is 0 Å². The summed E-state index contributed by atoms with van der Waals surface area (Å²) in [5.41, 5.74) is -3.34. The summed E-state index contributed by atoms with van der Waals surface area (Å²) in [5.74, 6) is -5.30. The number of carbonyl (C=O) groups is 1. The van der Waals surface area contributed by atoms with Gasteiger partial charge < -0.3 is 10.2 Å². The molecule has 0 amide bonds. The Morgan fingerprint density at radius 2 is 2.37 bits per heavy atom. The molecule has 2 rings (SSSR count). The molecule has 0 spiro atoms. The minimum absolute atomic E-state index is 0.109. The molecule has 1 aliphatic rings. The standard InChI is InChI=1S/C15H19FO3/c1-9(2)14-12-4-3-11(16)7-10(12)5-6-15(14,19)8-13(17)18/h3-4,7,9,14,19H,5-6,8H2,1-2H3,(H,17,18)/t14-,15-/m0/s1/i5D2,6D2,14D. The molecule has 3 nitrogen and oxygen atoms in total. The largest absolute Gasteiger partial charge is 0.481 e. The molecule has 19 heavy (non-hydrogen) atoms. The molecular formula is C15H19FO3. The van der Waals surface area contributed by atoms with E-state index in [9.17, 15) is 14.3 Å². The van der Waals surface area contributed by atoms with Gasteiger partial charge in [-0.3, -0.25) is 4.79 Å². The van der Waals surface area contributed by atoms with Crippen LogP contribution in [-0.2, 0) is 11.2 Å². The van der Waals surface area contributed by atoms with Crippen molar-refractivity contribution >= 4 is 5.97 Å². The number of hydrogen-bond donors (Lipinski definition) is 2. The maximum absolute atomic E-state index is 13.6. The maximum atomic E-state index is 13.6. The monoisotopic (exact) mass is 271 g/mol. The van der Waals surface area contributed by atoms with Gasteiger partial charge in [0, 0.05) is 12.7 Å². The number of aliphatic hydroxyl groups is 1. The van der Waals surface area contributed by atoms with Gasteiger partial charge in [-0.25, -0.2) is 4.39 Å². The number of carboxylic acid groups (broad SMARTS) is 1. The smallest absolute Gasteiger partial charge is 0.306 e. The van der Waals surface area contributed by atoms with E-state index in [0.717, 1.165) is 18.2 Å². The van der Waals surface area contributed by atoms with Gasteiger partial charge in [0.05, 0.1) is 12.0 Å². The van der Waals surface area contributed by atoms with E-state index in [2.05, 4.69) is 0 Å². The lowest BCUT2D eigenvalue weighted by Gasteiger charge is -2.42. The zero-order chi connectivity index (χ0) is 18.7. The Labute approximate surface area is 119 Å². The first-order chi connectivity index (χ1) is 10.7. The second-order valence-electron chi connectivity index (χ2n) is 4.94. The average molecular weight is 271 g/mol. The molecule has 0 aromatic heterocycles. The van der Waals surface area contributed by atoms with Crippen molar-refractivity contribution in [1.29, 1.82) is 0 Å². The Morgan fingerprint density at radius 3 is 2.95 bits per heavy atom. The van der Waals surface area contributed by atoms with Crippen LogP contribution in [-0.4, -0.2) is 21.8 Å². The number of aryl methyl sites for hydroxylation is 1. The van der Waals surface area contributed by atoms with Crippen LogP contribution in [0.1, 0.15) is 50.5 Å². The molecule has 1 aromatic rings. The lowest BCUT2D eigenvalue weighted by atomic mass is 9.66. The highest BCUT2D eigenvalue weighted by molar-refractivity contribution is 5.68. The summed E-state index contributed by atoms with van der Waals surface area (Å²) in [6.45, 7) is 3.01. The summed E-state index contributed by atoms with van der Waals surface area (Å²) in [6, 6.07) is 2.92. The van der Waals surface area contributed by atoms with Crippen molar-refractivity contribution in [1.82, 2.24) is 0 Å². The number of aliphatic carboxylic acids is 1. The Hall–Kier alpha value is -1.42. The molecule has 0 radical (unpaired) electrons. The number of benzene rings is 1. The molecule has 0 saturated heterocycles. The summed E-state index contributed by atoms with van der Waals surface area (Å²) in [7, 11) is 0. The van der Waals surface area contributed by atoms with E-state index in [1.807, 2.05) is 0 Å². The predicted octanol–water partition coefficient (Wildman–Crippen LogP) is 2.72. The zero-order valence-corrected chi connectivity index (χ0v) is 10.7. The third kappa shape index (κ3) is 2.63. The topological polar surface area (TPSA) is 57.5 Å². The first-order valence-corrected chi connectivity index (χ1v) is 5.98. The molecule has 0 saturated carbocycles. The van der Waals surface area contributed by atoms with Crippen LogP contribution in [0.4, 0.5) is 4.39 Å². The minimum Gasteiger partial charge on any atom is -0.481 e. The average Bonchev–Trinajstić information content (AvgIpc) is 2.43. The van der Waals surface area contributed by atoms with Gasteiger partial charge in [0.2, 0.25) is 0 Å². The summed E-state index contributed by atoms with van der Waals surface area (Å²) in [4.78, 5) is 11.3. The third-order valence-electron chi connectivity index (χ3n) is 3.11. The Kier molecular flexibility index (Phi) is 2.25. The molecule has 4 heteroatoms. The normalized spacial score (nSPS) is 39.3. The summed E-state index contributed by atoms with van der Waals surface area (Å²) < 4.78 is 55.0. The second kappa shape index (κ2) is 4.93. The molecule has 2 N–H and O–H groups in total. The molecular weight excluding hydrogens is 247 g/mol. The van der Waals surface area contributed by atoms with Crippen LogP contribution in [0.2, 0.25) is 0 Å². The van der Waals surface area contributed by atoms with Crippen LogP contribution < -0.4 is 0 Å². The predicted molar refractivity (Wildman–Crippen MR) is 69.5 cm³/mol. The fraction of sp³-hybridized carbons (Fsp3) is 0.533. The molecule has 0 heterocycles. The van der Waals surface area contributed by atoms with Gasteiger partial charge in [-0.05, 0) is 41.9 Å². The summed E-state index contributed by atoms with van der Waals surface area (Å²) >= 11 is 0. The van der Waals surface area contributed by atoms with E-state index in [1.165, 1.54) is 13.8 Å². The van der Waals surface area contributed by atoms with Crippen molar-refractivity contribution < 1.29 is 26.3 Å². The third-order valence-corrected chi connectivity index (χ3v) is 3.11. The lowest BCUT2D eigenvalue weighted by Crippen LogP contribution is -2.44. The number of halogens is 1. The number of hydrogen-bond acceptors (Lipinski definition) is 2. The van der Waals surface area contributed by atoms with Crippen molar-refractivity contribution in [3.63, 3.8) is 0 Å². The van der Waals surface area contributed by atoms with Crippen molar-refractivity contribution in [3.8, 4) is 0 Å². The SMILES string of the molecule is [2H]C1([2H])c2cc(F)ccc2[C@]([2H])(C(C)C)[C@@](O)(CC(=O)O)C1([2H])[2H]. The molecule has 2 atom stereocenters. The van der Waals surface area contributed by atoms with Crippen molar-refractivity contribution in [2.75, 3.05) is 0 Å². The Bertz CT molecular complexity index is 694.